The third kappa shape index (κ3) is 2.80. The third-order valence-electron chi connectivity index (χ3n) is 2.38. The van der Waals surface area contributed by atoms with Crippen LogP contribution < -0.4 is 0 Å². The van der Waals surface area contributed by atoms with Gasteiger partial charge in [0.25, 0.3) is 0 Å². The van der Waals surface area contributed by atoms with Gasteiger partial charge in [0.1, 0.15) is 23.9 Å². The van der Waals surface area contributed by atoms with Gasteiger partial charge in [-0.05, 0) is 0 Å². The van der Waals surface area contributed by atoms with Crippen LogP contribution in [-0.2, 0) is 17.6 Å². The molecule has 0 aliphatic carbocycles. The molecular weight excluding hydrogens is 287 g/mol. The first-order valence-corrected chi connectivity index (χ1v) is 5.58. The Morgan fingerprint density at radius 3 is 2.74 bits per heavy atom. The molecule has 0 bridgehead atoms. The molecule has 0 amide bonds. The van der Waals surface area contributed by atoms with E-state index in [9.17, 15) is 13.2 Å². The normalized spacial score (nSPS) is 12.3. The van der Waals surface area contributed by atoms with Crippen LogP contribution >= 0.6 is 11.6 Å². The van der Waals surface area contributed by atoms with Crippen LogP contribution in [0.4, 0.5) is 13.2 Å². The summed E-state index contributed by atoms with van der Waals surface area (Å²) < 4.78 is 44.8. The second kappa shape index (κ2) is 5.32. The smallest absolute Gasteiger partial charge is 0.394 e. The number of alkyl halides is 3. The molecule has 1 N–H and O–H groups in total. The largest absolute Gasteiger partial charge is 0.418 e. The summed E-state index contributed by atoms with van der Waals surface area (Å²) in [5.74, 6) is 0. The van der Waals surface area contributed by atoms with Gasteiger partial charge in [-0.1, -0.05) is 11.6 Å². The summed E-state index contributed by atoms with van der Waals surface area (Å²) in [6, 6.07) is 0. The molecule has 0 aliphatic rings. The average molecular weight is 296 g/mol. The maximum atomic E-state index is 12.9. The van der Waals surface area contributed by atoms with Gasteiger partial charge >= 0.3 is 6.18 Å². The monoisotopic (exact) mass is 295 g/mol. The number of aromatic nitrogens is 3. The number of fused-ring (bicyclic) bond motifs is 1. The SMILES string of the molecule is OCCOCn1cc(C(F)(F)F)c2c(Cl)ncnc21. The zero-order valence-corrected chi connectivity index (χ0v) is 10.2. The molecule has 0 atom stereocenters. The van der Waals surface area contributed by atoms with Crippen molar-refractivity contribution in [1.82, 2.24) is 14.5 Å². The van der Waals surface area contributed by atoms with Gasteiger partial charge in [-0.15, -0.1) is 0 Å². The number of hydrogen-bond acceptors (Lipinski definition) is 4. The van der Waals surface area contributed by atoms with Crippen molar-refractivity contribution in [1.29, 1.82) is 0 Å². The Hall–Kier alpha value is -1.38. The molecule has 19 heavy (non-hydrogen) atoms. The minimum absolute atomic E-state index is 0.0137. The molecule has 0 unspecified atom stereocenters. The van der Waals surface area contributed by atoms with E-state index in [0.29, 0.717) is 0 Å². The summed E-state index contributed by atoms with van der Waals surface area (Å²) >= 11 is 5.70. The number of nitrogens with zero attached hydrogens (tertiary/aromatic N) is 3. The lowest BCUT2D eigenvalue weighted by Crippen LogP contribution is -2.06. The number of halogens is 4. The molecule has 2 aromatic rings. The molecule has 0 radical (unpaired) electrons. The molecule has 0 aliphatic heterocycles. The number of aliphatic hydroxyl groups is 1. The zero-order chi connectivity index (χ0) is 14.0. The number of rotatable bonds is 4. The van der Waals surface area contributed by atoms with Crippen LogP contribution in [0.1, 0.15) is 5.56 Å². The molecule has 9 heteroatoms. The van der Waals surface area contributed by atoms with E-state index in [1.54, 1.807) is 0 Å². The average Bonchev–Trinajstić information content (AvgIpc) is 2.70. The minimum atomic E-state index is -4.56. The Kier molecular flexibility index (Phi) is 3.93. The Labute approximate surface area is 110 Å². The summed E-state index contributed by atoms with van der Waals surface area (Å²) in [5, 5.41) is 8.05. The van der Waals surface area contributed by atoms with Gasteiger partial charge in [-0.25, -0.2) is 9.97 Å². The molecule has 2 heterocycles. The molecule has 104 valence electrons. The highest BCUT2D eigenvalue weighted by molar-refractivity contribution is 6.34. The summed E-state index contributed by atoms with van der Waals surface area (Å²) in [6.07, 6.45) is -2.62. The molecule has 2 aromatic heterocycles. The zero-order valence-electron chi connectivity index (χ0n) is 9.48. The van der Waals surface area contributed by atoms with Gasteiger partial charge in [0.05, 0.1) is 24.2 Å². The number of aliphatic hydroxyl groups excluding tert-OH is 1. The molecule has 0 aromatic carbocycles. The van der Waals surface area contributed by atoms with Crippen LogP contribution in [0.3, 0.4) is 0 Å². The summed E-state index contributed by atoms with van der Waals surface area (Å²) in [5.41, 5.74) is -0.883. The summed E-state index contributed by atoms with van der Waals surface area (Å²) in [4.78, 5) is 7.33. The highest BCUT2D eigenvalue weighted by Crippen LogP contribution is 2.37. The second-order valence-electron chi connectivity index (χ2n) is 3.63. The van der Waals surface area contributed by atoms with Gasteiger partial charge in [0.15, 0.2) is 0 Å². The molecular formula is C10H9ClF3N3O2. The molecule has 0 saturated carbocycles. The fourth-order valence-electron chi connectivity index (χ4n) is 1.63. The fourth-order valence-corrected chi connectivity index (χ4v) is 1.86. The molecule has 2 rings (SSSR count). The van der Waals surface area contributed by atoms with Crippen LogP contribution in [0.25, 0.3) is 11.0 Å². The molecule has 0 saturated heterocycles. The van der Waals surface area contributed by atoms with Crippen LogP contribution in [0.15, 0.2) is 12.5 Å². The predicted octanol–water partition coefficient (Wildman–Crippen LogP) is 2.07. The van der Waals surface area contributed by atoms with E-state index in [1.165, 1.54) is 4.57 Å². The molecule has 5 nitrogen and oxygen atoms in total. The first-order chi connectivity index (χ1) is 8.95. The van der Waals surface area contributed by atoms with Crippen LogP contribution in [-0.4, -0.2) is 32.9 Å². The number of hydrogen-bond donors (Lipinski definition) is 1. The summed E-state index contributed by atoms with van der Waals surface area (Å²) in [6.45, 7) is -0.374. The Morgan fingerprint density at radius 2 is 2.11 bits per heavy atom. The van der Waals surface area contributed by atoms with E-state index in [1.807, 2.05) is 0 Å². The van der Waals surface area contributed by atoms with Crippen molar-refractivity contribution in [2.75, 3.05) is 13.2 Å². The van der Waals surface area contributed by atoms with Gasteiger partial charge in [0, 0.05) is 6.20 Å². The Bertz CT molecular complexity index is 585. The lowest BCUT2D eigenvalue weighted by atomic mass is 10.2. The van der Waals surface area contributed by atoms with Crippen LogP contribution in [0.5, 0.6) is 0 Å². The number of ether oxygens (including phenoxy) is 1. The van der Waals surface area contributed by atoms with Crippen LogP contribution in [0.2, 0.25) is 5.15 Å². The van der Waals surface area contributed by atoms with Crippen molar-refractivity contribution in [2.45, 2.75) is 12.9 Å². The van der Waals surface area contributed by atoms with Crippen molar-refractivity contribution in [3.8, 4) is 0 Å². The van der Waals surface area contributed by atoms with E-state index in [0.717, 1.165) is 12.5 Å². The van der Waals surface area contributed by atoms with Crippen molar-refractivity contribution in [3.05, 3.63) is 23.2 Å². The van der Waals surface area contributed by atoms with E-state index in [4.69, 9.17) is 21.4 Å². The van der Waals surface area contributed by atoms with Crippen molar-refractivity contribution in [3.63, 3.8) is 0 Å². The highest BCUT2D eigenvalue weighted by Gasteiger charge is 2.36. The predicted molar refractivity (Wildman–Crippen MR) is 60.6 cm³/mol. The first kappa shape index (κ1) is 14.0. The third-order valence-corrected chi connectivity index (χ3v) is 2.67. The van der Waals surface area contributed by atoms with Gasteiger partial charge in [-0.3, -0.25) is 0 Å². The fraction of sp³-hybridized carbons (Fsp3) is 0.400. The lowest BCUT2D eigenvalue weighted by molar-refractivity contribution is -0.136. The lowest BCUT2D eigenvalue weighted by Gasteiger charge is -2.04. The highest BCUT2D eigenvalue weighted by atomic mass is 35.5. The Morgan fingerprint density at radius 1 is 1.37 bits per heavy atom. The van der Waals surface area contributed by atoms with Crippen LogP contribution in [0, 0.1) is 0 Å². The topological polar surface area (TPSA) is 60.2 Å². The minimum Gasteiger partial charge on any atom is -0.394 e. The summed E-state index contributed by atoms with van der Waals surface area (Å²) in [7, 11) is 0. The molecule has 0 spiro atoms. The van der Waals surface area contributed by atoms with Crippen molar-refractivity contribution in [2.24, 2.45) is 0 Å². The maximum Gasteiger partial charge on any atom is 0.418 e. The van der Waals surface area contributed by atoms with Crippen molar-refractivity contribution < 1.29 is 23.0 Å². The quantitative estimate of drug-likeness (QED) is 0.693. The van der Waals surface area contributed by atoms with Gasteiger partial charge in [-0.2, -0.15) is 13.2 Å². The van der Waals surface area contributed by atoms with E-state index < -0.39 is 11.7 Å². The van der Waals surface area contributed by atoms with Crippen molar-refractivity contribution >= 4 is 22.6 Å². The first-order valence-electron chi connectivity index (χ1n) is 5.20. The molecule has 0 fully saturated rings. The van der Waals surface area contributed by atoms with Gasteiger partial charge in [0.2, 0.25) is 0 Å². The van der Waals surface area contributed by atoms with Gasteiger partial charge < -0.3 is 14.4 Å². The second-order valence-corrected chi connectivity index (χ2v) is 3.99. The van der Waals surface area contributed by atoms with E-state index in [2.05, 4.69) is 9.97 Å². The maximum absolute atomic E-state index is 12.9. The van der Waals surface area contributed by atoms with E-state index in [-0.39, 0.29) is 36.1 Å². The van der Waals surface area contributed by atoms with E-state index >= 15 is 0 Å². The standard InChI is InChI=1S/C10H9ClF3N3O2/c11-8-7-6(10(12,13)14)3-17(5-19-2-1-18)9(7)16-4-15-8/h3-4,18H,1-2,5H2. The Balaban J connectivity index is 2.51.